The Bertz CT molecular complexity index is 518. The third-order valence-corrected chi connectivity index (χ3v) is 3.28. The highest BCUT2D eigenvalue weighted by molar-refractivity contribution is 5.76. The van der Waals surface area contributed by atoms with Crippen LogP contribution in [0.3, 0.4) is 0 Å². The number of rotatable bonds is 8. The van der Waals surface area contributed by atoms with E-state index in [0.717, 1.165) is 12.0 Å². The summed E-state index contributed by atoms with van der Waals surface area (Å²) in [5.41, 5.74) is 0.792. The van der Waals surface area contributed by atoms with Crippen LogP contribution in [0.1, 0.15) is 32.3 Å². The van der Waals surface area contributed by atoms with Crippen LogP contribution in [0.5, 0.6) is 11.5 Å². The Morgan fingerprint density at radius 3 is 2.57 bits per heavy atom. The smallest absolute Gasteiger partial charge is 0.422 e. The van der Waals surface area contributed by atoms with Gasteiger partial charge in [-0.05, 0) is 37.5 Å². The topological polar surface area (TPSA) is 47.6 Å². The van der Waals surface area contributed by atoms with E-state index in [1.54, 1.807) is 12.1 Å². The third kappa shape index (κ3) is 7.25. The van der Waals surface area contributed by atoms with Crippen LogP contribution in [0, 0.1) is 0 Å². The largest absolute Gasteiger partial charge is 0.493 e. The number of aryl methyl sites for hydroxylation is 1. The molecule has 0 radical (unpaired) electrons. The molecule has 0 heterocycles. The van der Waals surface area contributed by atoms with Gasteiger partial charge < -0.3 is 14.8 Å². The average Bonchev–Trinajstić information content (AvgIpc) is 2.50. The highest BCUT2D eigenvalue weighted by Crippen LogP contribution is 2.30. The van der Waals surface area contributed by atoms with E-state index < -0.39 is 12.8 Å². The van der Waals surface area contributed by atoms with Gasteiger partial charge in [-0.1, -0.05) is 13.0 Å². The highest BCUT2D eigenvalue weighted by atomic mass is 19.4. The van der Waals surface area contributed by atoms with E-state index >= 15 is 0 Å². The maximum atomic E-state index is 12.2. The monoisotopic (exact) mass is 333 g/mol. The molecule has 1 rings (SSSR count). The van der Waals surface area contributed by atoms with E-state index in [2.05, 4.69) is 5.32 Å². The van der Waals surface area contributed by atoms with Crippen LogP contribution in [0.15, 0.2) is 18.2 Å². The van der Waals surface area contributed by atoms with E-state index in [-0.39, 0.29) is 23.4 Å². The lowest BCUT2D eigenvalue weighted by molar-refractivity contribution is -0.153. The molecule has 0 aliphatic heterocycles. The Hall–Kier alpha value is -1.92. The summed E-state index contributed by atoms with van der Waals surface area (Å²) in [7, 11) is 1.36. The lowest BCUT2D eigenvalue weighted by Crippen LogP contribution is -2.32. The molecule has 1 atom stereocenters. The minimum absolute atomic E-state index is 0.0256. The number of benzene rings is 1. The molecule has 0 aromatic heterocycles. The second kappa shape index (κ2) is 8.64. The molecule has 0 fully saturated rings. The lowest BCUT2D eigenvalue weighted by atomic mass is 10.1. The van der Waals surface area contributed by atoms with Gasteiger partial charge in [0.15, 0.2) is 18.1 Å². The number of alkyl halides is 3. The number of ether oxygens (including phenoxy) is 2. The molecule has 23 heavy (non-hydrogen) atoms. The van der Waals surface area contributed by atoms with Gasteiger partial charge in [0.05, 0.1) is 7.11 Å². The fraction of sp³-hybridized carbons (Fsp3) is 0.562. The summed E-state index contributed by atoms with van der Waals surface area (Å²) in [5.74, 6) is 0.183. The minimum Gasteiger partial charge on any atom is -0.493 e. The summed E-state index contributed by atoms with van der Waals surface area (Å²) in [6, 6.07) is 4.76. The first-order valence-electron chi connectivity index (χ1n) is 7.41. The van der Waals surface area contributed by atoms with Crippen LogP contribution in [-0.2, 0) is 11.2 Å². The zero-order valence-electron chi connectivity index (χ0n) is 13.5. The van der Waals surface area contributed by atoms with Crippen molar-refractivity contribution in [3.8, 4) is 11.5 Å². The maximum absolute atomic E-state index is 12.2. The zero-order chi connectivity index (χ0) is 17.5. The van der Waals surface area contributed by atoms with E-state index in [4.69, 9.17) is 9.47 Å². The molecule has 0 aliphatic carbocycles. The number of hydrogen-bond acceptors (Lipinski definition) is 3. The van der Waals surface area contributed by atoms with Crippen molar-refractivity contribution in [2.45, 2.75) is 45.3 Å². The third-order valence-electron chi connectivity index (χ3n) is 3.28. The molecule has 0 bridgehead atoms. The first-order chi connectivity index (χ1) is 10.7. The second-order valence-electron chi connectivity index (χ2n) is 5.27. The quantitative estimate of drug-likeness (QED) is 0.792. The van der Waals surface area contributed by atoms with E-state index in [0.29, 0.717) is 12.8 Å². The molecular weight excluding hydrogens is 311 g/mol. The number of halogens is 3. The molecule has 0 saturated carbocycles. The van der Waals surface area contributed by atoms with Crippen LogP contribution in [0.2, 0.25) is 0 Å². The molecule has 1 aromatic rings. The predicted molar refractivity (Wildman–Crippen MR) is 80.8 cm³/mol. The van der Waals surface area contributed by atoms with Crippen molar-refractivity contribution in [3.63, 3.8) is 0 Å². The highest BCUT2D eigenvalue weighted by Gasteiger charge is 2.29. The summed E-state index contributed by atoms with van der Waals surface area (Å²) in [5, 5.41) is 2.86. The fourth-order valence-corrected chi connectivity index (χ4v) is 1.85. The van der Waals surface area contributed by atoms with Crippen LogP contribution >= 0.6 is 0 Å². The predicted octanol–water partition coefficient (Wildman–Crippen LogP) is 3.48. The molecule has 1 N–H and O–H groups in total. The van der Waals surface area contributed by atoms with Gasteiger partial charge in [-0.2, -0.15) is 13.2 Å². The molecular formula is C16H22F3NO3. The van der Waals surface area contributed by atoms with Gasteiger partial charge in [-0.25, -0.2) is 0 Å². The molecule has 7 heteroatoms. The molecule has 0 spiro atoms. The second-order valence-corrected chi connectivity index (χ2v) is 5.27. The Labute approximate surface area is 134 Å². The van der Waals surface area contributed by atoms with Gasteiger partial charge in [-0.3, -0.25) is 4.79 Å². The molecule has 130 valence electrons. The van der Waals surface area contributed by atoms with Crippen molar-refractivity contribution < 1.29 is 27.4 Å². The summed E-state index contributed by atoms with van der Waals surface area (Å²) in [6.07, 6.45) is -2.78. The van der Waals surface area contributed by atoms with Gasteiger partial charge in [0.25, 0.3) is 0 Å². The van der Waals surface area contributed by atoms with E-state index in [1.165, 1.54) is 13.2 Å². The molecule has 1 amide bonds. The van der Waals surface area contributed by atoms with Gasteiger partial charge >= 0.3 is 6.18 Å². The first-order valence-corrected chi connectivity index (χ1v) is 7.41. The minimum atomic E-state index is -4.41. The molecule has 1 aromatic carbocycles. The standard InChI is InChI=1S/C16H22F3NO3/c1-4-11(2)20-15(21)8-6-12-5-7-13(14(9-12)22-3)23-10-16(17,18)19/h5,7,9,11H,4,6,8,10H2,1-3H3,(H,20,21)/t11-/m0/s1. The van der Waals surface area contributed by atoms with E-state index in [1.807, 2.05) is 13.8 Å². The van der Waals surface area contributed by atoms with Gasteiger partial charge in [-0.15, -0.1) is 0 Å². The Morgan fingerprint density at radius 1 is 1.30 bits per heavy atom. The van der Waals surface area contributed by atoms with Crippen molar-refractivity contribution in [1.82, 2.24) is 5.32 Å². The zero-order valence-corrected chi connectivity index (χ0v) is 13.5. The van der Waals surface area contributed by atoms with Crippen molar-refractivity contribution in [2.75, 3.05) is 13.7 Å². The molecule has 0 aliphatic rings. The van der Waals surface area contributed by atoms with Crippen LogP contribution in [-0.4, -0.2) is 31.8 Å². The number of amides is 1. The number of nitrogens with one attached hydrogen (secondary N) is 1. The average molecular weight is 333 g/mol. The van der Waals surface area contributed by atoms with Gasteiger partial charge in [0.1, 0.15) is 0 Å². The SMILES string of the molecule is CC[C@H](C)NC(=O)CCc1ccc(OCC(F)(F)F)c(OC)c1. The van der Waals surface area contributed by atoms with Crippen molar-refractivity contribution in [1.29, 1.82) is 0 Å². The van der Waals surface area contributed by atoms with Crippen LogP contribution in [0.25, 0.3) is 0 Å². The van der Waals surface area contributed by atoms with Crippen molar-refractivity contribution >= 4 is 5.91 Å². The van der Waals surface area contributed by atoms with E-state index in [9.17, 15) is 18.0 Å². The molecule has 4 nitrogen and oxygen atoms in total. The Balaban J connectivity index is 2.63. The summed E-state index contributed by atoms with van der Waals surface area (Å²) in [4.78, 5) is 11.7. The lowest BCUT2D eigenvalue weighted by Gasteiger charge is -2.14. The molecule has 0 unspecified atom stereocenters. The number of carbonyl (C=O) groups excluding carboxylic acids is 1. The van der Waals surface area contributed by atoms with Crippen molar-refractivity contribution in [3.05, 3.63) is 23.8 Å². The summed E-state index contributed by atoms with van der Waals surface area (Å²) >= 11 is 0. The number of carbonyl (C=O) groups is 1. The molecule has 0 saturated heterocycles. The Kier molecular flexibility index (Phi) is 7.19. The number of methoxy groups -OCH3 is 1. The maximum Gasteiger partial charge on any atom is 0.422 e. The van der Waals surface area contributed by atoms with Crippen LogP contribution in [0.4, 0.5) is 13.2 Å². The summed E-state index contributed by atoms with van der Waals surface area (Å²) < 4.78 is 46.3. The Morgan fingerprint density at radius 2 is 2.00 bits per heavy atom. The number of hydrogen-bond donors (Lipinski definition) is 1. The van der Waals surface area contributed by atoms with Gasteiger partial charge in [0, 0.05) is 12.5 Å². The normalized spacial score (nSPS) is 12.6. The fourth-order valence-electron chi connectivity index (χ4n) is 1.85. The van der Waals surface area contributed by atoms with Crippen LogP contribution < -0.4 is 14.8 Å². The van der Waals surface area contributed by atoms with Gasteiger partial charge in [0.2, 0.25) is 5.91 Å². The van der Waals surface area contributed by atoms with Crippen molar-refractivity contribution in [2.24, 2.45) is 0 Å². The summed E-state index contributed by atoms with van der Waals surface area (Å²) in [6.45, 7) is 2.53. The first kappa shape index (κ1) is 19.1.